The molecule has 96 valence electrons. The molecule has 0 saturated carbocycles. The number of piperidine rings is 1. The first-order chi connectivity index (χ1) is 8.65. The molecule has 1 aliphatic rings. The minimum absolute atomic E-state index is 0.0515. The predicted molar refractivity (Wildman–Crippen MR) is 69.1 cm³/mol. The van der Waals surface area contributed by atoms with Crippen LogP contribution >= 0.6 is 0 Å². The third-order valence-corrected chi connectivity index (χ3v) is 3.56. The third-order valence-electron chi connectivity index (χ3n) is 3.56. The Labute approximate surface area is 107 Å². The summed E-state index contributed by atoms with van der Waals surface area (Å²) in [6.07, 6.45) is 0.483. The highest BCUT2D eigenvalue weighted by Crippen LogP contribution is 2.27. The number of rotatable bonds is 2. The van der Waals surface area contributed by atoms with Crippen molar-refractivity contribution in [1.29, 1.82) is 5.26 Å². The molecule has 2 N–H and O–H groups in total. The lowest BCUT2D eigenvalue weighted by Crippen LogP contribution is -2.42. The van der Waals surface area contributed by atoms with Gasteiger partial charge in [-0.15, -0.1) is 0 Å². The molecule has 0 bridgehead atoms. The number of nitrogens with zero attached hydrogens (tertiary/aromatic N) is 2. The SMILES string of the molecule is CC1CN(c2ccc(CO)cc2C#N)CCC1O. The fourth-order valence-corrected chi connectivity index (χ4v) is 2.40. The molecular formula is C14H18N2O2. The summed E-state index contributed by atoms with van der Waals surface area (Å²) in [5.41, 5.74) is 2.24. The molecule has 0 amide bonds. The molecule has 2 unspecified atom stereocenters. The minimum Gasteiger partial charge on any atom is -0.393 e. The summed E-state index contributed by atoms with van der Waals surface area (Å²) < 4.78 is 0. The maximum absolute atomic E-state index is 9.73. The summed E-state index contributed by atoms with van der Waals surface area (Å²) >= 11 is 0. The molecule has 0 radical (unpaired) electrons. The van der Waals surface area contributed by atoms with Crippen molar-refractivity contribution >= 4 is 5.69 Å². The molecule has 2 atom stereocenters. The predicted octanol–water partition coefficient (Wildman–Crippen LogP) is 1.26. The zero-order valence-electron chi connectivity index (χ0n) is 10.5. The van der Waals surface area contributed by atoms with E-state index in [2.05, 4.69) is 11.0 Å². The van der Waals surface area contributed by atoms with E-state index in [1.54, 1.807) is 6.07 Å². The van der Waals surface area contributed by atoms with E-state index in [9.17, 15) is 10.4 Å². The van der Waals surface area contributed by atoms with Gasteiger partial charge in [0.1, 0.15) is 6.07 Å². The van der Waals surface area contributed by atoms with Gasteiger partial charge in [0.2, 0.25) is 0 Å². The highest BCUT2D eigenvalue weighted by molar-refractivity contribution is 5.60. The second kappa shape index (κ2) is 5.38. The summed E-state index contributed by atoms with van der Waals surface area (Å²) in [6.45, 7) is 3.49. The van der Waals surface area contributed by atoms with Crippen LogP contribution in [0.2, 0.25) is 0 Å². The Hall–Kier alpha value is -1.57. The number of aliphatic hydroxyl groups excluding tert-OH is 2. The maximum Gasteiger partial charge on any atom is 0.101 e. The highest BCUT2D eigenvalue weighted by Gasteiger charge is 2.25. The molecule has 4 nitrogen and oxygen atoms in total. The van der Waals surface area contributed by atoms with Crippen molar-refractivity contribution in [3.63, 3.8) is 0 Å². The molecule has 1 aromatic rings. The summed E-state index contributed by atoms with van der Waals surface area (Å²) in [4.78, 5) is 2.14. The molecule has 1 fully saturated rings. The lowest BCUT2D eigenvalue weighted by molar-refractivity contribution is 0.0971. The van der Waals surface area contributed by atoms with Gasteiger partial charge < -0.3 is 15.1 Å². The number of aliphatic hydroxyl groups is 2. The Kier molecular flexibility index (Phi) is 3.85. The quantitative estimate of drug-likeness (QED) is 0.824. The Bertz CT molecular complexity index is 467. The van der Waals surface area contributed by atoms with Crippen LogP contribution in [0.25, 0.3) is 0 Å². The van der Waals surface area contributed by atoms with Crippen LogP contribution in [0.1, 0.15) is 24.5 Å². The van der Waals surface area contributed by atoms with Gasteiger partial charge in [-0.25, -0.2) is 0 Å². The van der Waals surface area contributed by atoms with Crippen LogP contribution in [-0.4, -0.2) is 29.4 Å². The molecular weight excluding hydrogens is 228 g/mol. The molecule has 1 heterocycles. The number of hydrogen-bond donors (Lipinski definition) is 2. The molecule has 1 saturated heterocycles. The maximum atomic E-state index is 9.73. The number of benzene rings is 1. The summed E-state index contributed by atoms with van der Waals surface area (Å²) in [6, 6.07) is 7.63. The first-order valence-corrected chi connectivity index (χ1v) is 6.22. The summed E-state index contributed by atoms with van der Waals surface area (Å²) in [7, 11) is 0. The second-order valence-electron chi connectivity index (χ2n) is 4.90. The van der Waals surface area contributed by atoms with Gasteiger partial charge in [0.25, 0.3) is 0 Å². The van der Waals surface area contributed by atoms with Crippen molar-refractivity contribution in [3.8, 4) is 6.07 Å². The van der Waals surface area contributed by atoms with Crippen LogP contribution < -0.4 is 4.90 Å². The van der Waals surface area contributed by atoms with Gasteiger partial charge in [-0.1, -0.05) is 13.0 Å². The highest BCUT2D eigenvalue weighted by atomic mass is 16.3. The van der Waals surface area contributed by atoms with Crippen molar-refractivity contribution < 1.29 is 10.2 Å². The van der Waals surface area contributed by atoms with Crippen molar-refractivity contribution in [2.24, 2.45) is 5.92 Å². The van der Waals surface area contributed by atoms with Crippen molar-refractivity contribution in [3.05, 3.63) is 29.3 Å². The Morgan fingerprint density at radius 1 is 1.50 bits per heavy atom. The average molecular weight is 246 g/mol. The van der Waals surface area contributed by atoms with Gasteiger partial charge in [0.15, 0.2) is 0 Å². The van der Waals surface area contributed by atoms with E-state index in [0.717, 1.165) is 30.8 Å². The molecule has 0 aromatic heterocycles. The first kappa shape index (κ1) is 12.9. The summed E-state index contributed by atoms with van der Waals surface area (Å²) in [5, 5.41) is 28.0. The van der Waals surface area contributed by atoms with E-state index in [-0.39, 0.29) is 18.6 Å². The first-order valence-electron chi connectivity index (χ1n) is 6.22. The van der Waals surface area contributed by atoms with Crippen LogP contribution in [0.5, 0.6) is 0 Å². The van der Waals surface area contributed by atoms with Gasteiger partial charge in [-0.2, -0.15) is 5.26 Å². The van der Waals surface area contributed by atoms with Crippen LogP contribution in [0, 0.1) is 17.2 Å². The smallest absolute Gasteiger partial charge is 0.101 e. The normalized spacial score (nSPS) is 23.8. The molecule has 1 aromatic carbocycles. The average Bonchev–Trinajstić information content (AvgIpc) is 2.41. The molecule has 18 heavy (non-hydrogen) atoms. The van der Waals surface area contributed by atoms with E-state index in [4.69, 9.17) is 5.11 Å². The number of hydrogen-bond acceptors (Lipinski definition) is 4. The Morgan fingerprint density at radius 2 is 2.28 bits per heavy atom. The molecule has 4 heteroatoms. The third kappa shape index (κ3) is 2.47. The Morgan fingerprint density at radius 3 is 2.89 bits per heavy atom. The second-order valence-corrected chi connectivity index (χ2v) is 4.90. The lowest BCUT2D eigenvalue weighted by atomic mass is 9.95. The minimum atomic E-state index is -0.247. The van der Waals surface area contributed by atoms with Gasteiger partial charge in [0.05, 0.1) is 24.0 Å². The van der Waals surface area contributed by atoms with E-state index in [0.29, 0.717) is 5.56 Å². The molecule has 0 aliphatic carbocycles. The zero-order valence-corrected chi connectivity index (χ0v) is 10.5. The van der Waals surface area contributed by atoms with Gasteiger partial charge in [-0.05, 0) is 30.0 Å². The standard InChI is InChI=1S/C14H18N2O2/c1-10-8-16(5-4-14(10)18)13-3-2-11(9-17)6-12(13)7-15/h2-3,6,10,14,17-18H,4-5,8-9H2,1H3. The molecule has 1 aliphatic heterocycles. The van der Waals surface area contributed by atoms with Gasteiger partial charge in [-0.3, -0.25) is 0 Å². The number of anilines is 1. The van der Waals surface area contributed by atoms with E-state index in [1.807, 2.05) is 19.1 Å². The largest absolute Gasteiger partial charge is 0.393 e. The molecule has 2 rings (SSSR count). The zero-order chi connectivity index (χ0) is 13.1. The fourth-order valence-electron chi connectivity index (χ4n) is 2.40. The monoisotopic (exact) mass is 246 g/mol. The van der Waals surface area contributed by atoms with E-state index < -0.39 is 0 Å². The molecule has 0 spiro atoms. The van der Waals surface area contributed by atoms with Crippen molar-refractivity contribution in [2.75, 3.05) is 18.0 Å². The lowest BCUT2D eigenvalue weighted by Gasteiger charge is -2.36. The van der Waals surface area contributed by atoms with Crippen LogP contribution in [0.15, 0.2) is 18.2 Å². The Balaban J connectivity index is 2.26. The fraction of sp³-hybridized carbons (Fsp3) is 0.500. The van der Waals surface area contributed by atoms with Crippen LogP contribution in [0.3, 0.4) is 0 Å². The van der Waals surface area contributed by atoms with Crippen molar-refractivity contribution in [2.45, 2.75) is 26.1 Å². The topological polar surface area (TPSA) is 67.5 Å². The van der Waals surface area contributed by atoms with E-state index in [1.165, 1.54) is 0 Å². The van der Waals surface area contributed by atoms with Crippen LogP contribution in [0.4, 0.5) is 5.69 Å². The van der Waals surface area contributed by atoms with Crippen LogP contribution in [-0.2, 0) is 6.61 Å². The summed E-state index contributed by atoms with van der Waals surface area (Å²) in [5.74, 6) is 0.211. The number of nitriles is 1. The van der Waals surface area contributed by atoms with Gasteiger partial charge in [0, 0.05) is 13.1 Å². The van der Waals surface area contributed by atoms with E-state index >= 15 is 0 Å². The van der Waals surface area contributed by atoms with Gasteiger partial charge >= 0.3 is 0 Å². The van der Waals surface area contributed by atoms with Crippen molar-refractivity contribution in [1.82, 2.24) is 0 Å².